The Balaban J connectivity index is 2.07. The monoisotopic (exact) mass is 384 g/mol. The summed E-state index contributed by atoms with van der Waals surface area (Å²) < 4.78 is 10.8. The predicted molar refractivity (Wildman–Crippen MR) is 106 cm³/mol. The predicted octanol–water partition coefficient (Wildman–Crippen LogP) is 4.51. The lowest BCUT2D eigenvalue weighted by Crippen LogP contribution is -2.24. The van der Waals surface area contributed by atoms with Gasteiger partial charge in [0.2, 0.25) is 5.91 Å². The molecule has 0 aromatic heterocycles. The van der Waals surface area contributed by atoms with Gasteiger partial charge in [-0.2, -0.15) is 5.26 Å². The first-order chi connectivity index (χ1) is 13.0. The number of hydrogen-bond donors (Lipinski definition) is 1. The Morgan fingerprint density at radius 2 is 2.04 bits per heavy atom. The van der Waals surface area contributed by atoms with Crippen LogP contribution in [0.1, 0.15) is 36.6 Å². The van der Waals surface area contributed by atoms with Gasteiger partial charge in [-0.05, 0) is 55.3 Å². The first kappa shape index (κ1) is 20.3. The number of nitrogens with zero attached hydrogens (tertiary/aromatic N) is 1. The van der Waals surface area contributed by atoms with Gasteiger partial charge < -0.3 is 14.8 Å². The highest BCUT2D eigenvalue weighted by atomic mass is 35.5. The highest BCUT2D eigenvalue weighted by molar-refractivity contribution is 6.32. The third-order valence-corrected chi connectivity index (χ3v) is 4.15. The number of benzene rings is 2. The molecule has 0 bridgehead atoms. The molecule has 1 unspecified atom stereocenters. The van der Waals surface area contributed by atoms with Gasteiger partial charge in [-0.15, -0.1) is 0 Å². The van der Waals surface area contributed by atoms with E-state index in [1.54, 1.807) is 30.3 Å². The Morgan fingerprint density at radius 1 is 1.33 bits per heavy atom. The molecule has 1 atom stereocenters. The zero-order valence-electron chi connectivity index (χ0n) is 15.5. The summed E-state index contributed by atoms with van der Waals surface area (Å²) >= 11 is 6.23. The van der Waals surface area contributed by atoms with Crippen LogP contribution in [0.5, 0.6) is 11.5 Å². The van der Waals surface area contributed by atoms with E-state index in [0.717, 1.165) is 11.1 Å². The number of halogens is 1. The third-order valence-electron chi connectivity index (χ3n) is 3.87. The van der Waals surface area contributed by atoms with Crippen molar-refractivity contribution in [3.63, 3.8) is 0 Å². The molecule has 0 aliphatic heterocycles. The van der Waals surface area contributed by atoms with E-state index < -0.39 is 0 Å². The van der Waals surface area contributed by atoms with Gasteiger partial charge in [0.05, 0.1) is 36.4 Å². The van der Waals surface area contributed by atoms with Crippen LogP contribution in [0.2, 0.25) is 5.02 Å². The fourth-order valence-corrected chi connectivity index (χ4v) is 2.76. The van der Waals surface area contributed by atoms with Crippen molar-refractivity contribution >= 4 is 23.6 Å². The minimum absolute atomic E-state index is 0.187. The summed E-state index contributed by atoms with van der Waals surface area (Å²) in [7, 11) is 1.54. The molecule has 0 heterocycles. The largest absolute Gasteiger partial charge is 0.493 e. The number of methoxy groups -OCH3 is 1. The molecule has 2 aromatic carbocycles. The van der Waals surface area contributed by atoms with Crippen molar-refractivity contribution in [1.29, 1.82) is 5.26 Å². The molecular formula is C21H21ClN2O3. The Bertz CT molecular complexity index is 870. The van der Waals surface area contributed by atoms with Crippen LogP contribution in [0.25, 0.3) is 6.08 Å². The average Bonchev–Trinajstić information content (AvgIpc) is 2.68. The van der Waals surface area contributed by atoms with Crippen LogP contribution < -0.4 is 14.8 Å². The van der Waals surface area contributed by atoms with Crippen LogP contribution in [-0.2, 0) is 4.79 Å². The summed E-state index contributed by atoms with van der Waals surface area (Å²) in [6, 6.07) is 12.4. The van der Waals surface area contributed by atoms with Gasteiger partial charge in [-0.25, -0.2) is 0 Å². The van der Waals surface area contributed by atoms with Gasteiger partial charge >= 0.3 is 0 Å². The Hall–Kier alpha value is -2.97. The number of hydrogen-bond acceptors (Lipinski definition) is 4. The number of nitriles is 1. The van der Waals surface area contributed by atoms with Crippen LogP contribution in [0.3, 0.4) is 0 Å². The molecule has 0 radical (unpaired) electrons. The smallest absolute Gasteiger partial charge is 0.244 e. The van der Waals surface area contributed by atoms with E-state index in [-0.39, 0.29) is 11.9 Å². The zero-order chi connectivity index (χ0) is 19.8. The third kappa shape index (κ3) is 5.50. The normalized spacial score (nSPS) is 11.7. The van der Waals surface area contributed by atoms with Gasteiger partial charge in [0, 0.05) is 6.08 Å². The van der Waals surface area contributed by atoms with Gasteiger partial charge in [0.1, 0.15) is 0 Å². The zero-order valence-corrected chi connectivity index (χ0v) is 16.2. The van der Waals surface area contributed by atoms with E-state index in [2.05, 4.69) is 11.4 Å². The highest BCUT2D eigenvalue weighted by Gasteiger charge is 2.11. The maximum atomic E-state index is 12.2. The minimum atomic E-state index is -0.240. The fourth-order valence-electron chi connectivity index (χ4n) is 2.48. The summed E-state index contributed by atoms with van der Waals surface area (Å²) in [5.74, 6) is 0.754. The Labute approximate surface area is 164 Å². The minimum Gasteiger partial charge on any atom is -0.493 e. The molecular weight excluding hydrogens is 364 g/mol. The van der Waals surface area contributed by atoms with Crippen molar-refractivity contribution < 1.29 is 14.3 Å². The molecule has 0 saturated carbocycles. The second-order valence-corrected chi connectivity index (χ2v) is 6.17. The first-order valence-corrected chi connectivity index (χ1v) is 8.85. The molecule has 27 heavy (non-hydrogen) atoms. The maximum Gasteiger partial charge on any atom is 0.244 e. The molecule has 0 aliphatic rings. The summed E-state index contributed by atoms with van der Waals surface area (Å²) in [6.45, 7) is 4.22. The molecule has 1 amide bonds. The van der Waals surface area contributed by atoms with Crippen molar-refractivity contribution in [3.8, 4) is 17.6 Å². The van der Waals surface area contributed by atoms with Crippen molar-refractivity contribution in [2.24, 2.45) is 0 Å². The van der Waals surface area contributed by atoms with E-state index in [1.807, 2.05) is 26.0 Å². The molecule has 1 N–H and O–H groups in total. The SMILES string of the molecule is CCOc1c(Cl)cc(/C=C/C(=O)NC(C)c2ccc(C#N)cc2)cc1OC. The number of ether oxygens (including phenoxy) is 2. The topological polar surface area (TPSA) is 71.3 Å². The number of nitrogens with one attached hydrogen (secondary N) is 1. The van der Waals surface area contributed by atoms with Gasteiger partial charge in [-0.1, -0.05) is 23.7 Å². The molecule has 6 heteroatoms. The number of carbonyl (C=O) groups is 1. The number of amides is 1. The van der Waals surface area contributed by atoms with E-state index >= 15 is 0 Å². The van der Waals surface area contributed by atoms with E-state index in [9.17, 15) is 4.79 Å². The van der Waals surface area contributed by atoms with Crippen LogP contribution in [0, 0.1) is 11.3 Å². The van der Waals surface area contributed by atoms with E-state index in [0.29, 0.717) is 28.7 Å². The second-order valence-electron chi connectivity index (χ2n) is 5.76. The van der Waals surface area contributed by atoms with E-state index in [1.165, 1.54) is 13.2 Å². The van der Waals surface area contributed by atoms with Crippen molar-refractivity contribution in [2.75, 3.05) is 13.7 Å². The van der Waals surface area contributed by atoms with Crippen molar-refractivity contribution in [2.45, 2.75) is 19.9 Å². The van der Waals surface area contributed by atoms with Crippen molar-refractivity contribution in [3.05, 3.63) is 64.2 Å². The number of rotatable bonds is 7. The van der Waals surface area contributed by atoms with Gasteiger partial charge in [0.25, 0.3) is 0 Å². The summed E-state index contributed by atoms with van der Waals surface area (Å²) in [6.07, 6.45) is 3.09. The molecule has 2 aromatic rings. The molecule has 5 nitrogen and oxygen atoms in total. The quantitative estimate of drug-likeness (QED) is 0.713. The Kier molecular flexibility index (Phi) is 7.27. The lowest BCUT2D eigenvalue weighted by molar-refractivity contribution is -0.117. The molecule has 0 aliphatic carbocycles. The van der Waals surface area contributed by atoms with E-state index in [4.69, 9.17) is 26.3 Å². The lowest BCUT2D eigenvalue weighted by Gasteiger charge is -2.13. The second kappa shape index (κ2) is 9.65. The summed E-state index contributed by atoms with van der Waals surface area (Å²) in [4.78, 5) is 12.2. The van der Waals surface area contributed by atoms with Crippen LogP contribution >= 0.6 is 11.6 Å². The fraction of sp³-hybridized carbons (Fsp3) is 0.238. The standard InChI is InChI=1S/C21H21ClN2O3/c1-4-27-21-18(22)11-16(12-19(21)26-3)7-10-20(25)24-14(2)17-8-5-15(13-23)6-9-17/h5-12,14H,4H2,1-3H3,(H,24,25)/b10-7+. The van der Waals surface area contributed by atoms with Crippen LogP contribution in [0.15, 0.2) is 42.5 Å². The van der Waals surface area contributed by atoms with Crippen LogP contribution in [-0.4, -0.2) is 19.6 Å². The molecule has 2 rings (SSSR count). The molecule has 140 valence electrons. The Morgan fingerprint density at radius 3 is 2.63 bits per heavy atom. The number of carbonyl (C=O) groups excluding carboxylic acids is 1. The van der Waals surface area contributed by atoms with Gasteiger partial charge in [0.15, 0.2) is 11.5 Å². The average molecular weight is 385 g/mol. The molecule has 0 spiro atoms. The van der Waals surface area contributed by atoms with Crippen LogP contribution in [0.4, 0.5) is 0 Å². The summed E-state index contributed by atoms with van der Waals surface area (Å²) in [5.41, 5.74) is 2.22. The molecule has 0 fully saturated rings. The first-order valence-electron chi connectivity index (χ1n) is 8.47. The highest BCUT2D eigenvalue weighted by Crippen LogP contribution is 2.36. The lowest BCUT2D eigenvalue weighted by atomic mass is 10.1. The molecule has 0 saturated heterocycles. The van der Waals surface area contributed by atoms with Gasteiger partial charge in [-0.3, -0.25) is 4.79 Å². The van der Waals surface area contributed by atoms with Crippen molar-refractivity contribution in [1.82, 2.24) is 5.32 Å². The summed E-state index contributed by atoms with van der Waals surface area (Å²) in [5, 5.41) is 12.1. The maximum absolute atomic E-state index is 12.2.